The standard InChI is InChI=1S/C32H38NO6/c1-4-7-21-32(33-22-25-11-9-8-10-12-25,26-13-17-28(18-14-26)38-23-30(34)36-5-2)27-15-19-29(20-16-27)39-24-31(35)37-6-3/h7-20,33H,4-6,21-24H2,1-3H3. The number of ether oxygens (including phenoxy) is 4. The van der Waals surface area contributed by atoms with Crippen molar-refractivity contribution in [2.45, 2.75) is 45.7 Å². The molecule has 1 radical (unpaired) electrons. The highest BCUT2D eigenvalue weighted by atomic mass is 16.6. The van der Waals surface area contributed by atoms with E-state index in [9.17, 15) is 9.59 Å². The quantitative estimate of drug-likeness (QED) is 0.240. The van der Waals surface area contributed by atoms with Crippen LogP contribution in [0.5, 0.6) is 11.5 Å². The highest BCUT2D eigenvalue weighted by molar-refractivity contribution is 5.71. The minimum atomic E-state index is -0.550. The summed E-state index contributed by atoms with van der Waals surface area (Å²) < 4.78 is 21.2. The first-order valence-electron chi connectivity index (χ1n) is 13.4. The van der Waals surface area contributed by atoms with Crippen LogP contribution in [0.3, 0.4) is 0 Å². The van der Waals surface area contributed by atoms with Crippen LogP contribution in [0.1, 0.15) is 50.3 Å². The molecular formula is C32H38NO6. The molecule has 0 fully saturated rings. The van der Waals surface area contributed by atoms with Gasteiger partial charge in [-0.05, 0) is 67.6 Å². The first kappa shape index (κ1) is 29.7. The molecular weight excluding hydrogens is 494 g/mol. The molecule has 0 aliphatic heterocycles. The van der Waals surface area contributed by atoms with Crippen LogP contribution >= 0.6 is 0 Å². The zero-order valence-electron chi connectivity index (χ0n) is 23.0. The molecule has 7 heteroatoms. The number of hydrogen-bond donors (Lipinski definition) is 1. The lowest BCUT2D eigenvalue weighted by Gasteiger charge is -2.37. The summed E-state index contributed by atoms with van der Waals surface area (Å²) in [5.74, 6) is 0.378. The Kier molecular flexibility index (Phi) is 11.8. The van der Waals surface area contributed by atoms with Crippen molar-refractivity contribution in [2.75, 3.05) is 26.4 Å². The van der Waals surface area contributed by atoms with Gasteiger partial charge in [0.25, 0.3) is 0 Å². The van der Waals surface area contributed by atoms with Gasteiger partial charge < -0.3 is 18.9 Å². The lowest BCUT2D eigenvalue weighted by atomic mass is 9.78. The second-order valence-corrected chi connectivity index (χ2v) is 8.88. The first-order chi connectivity index (χ1) is 19.0. The van der Waals surface area contributed by atoms with E-state index >= 15 is 0 Å². The van der Waals surface area contributed by atoms with Gasteiger partial charge in [0.2, 0.25) is 0 Å². The average Bonchev–Trinajstić information content (AvgIpc) is 2.97. The maximum atomic E-state index is 11.7. The zero-order valence-corrected chi connectivity index (χ0v) is 23.0. The smallest absolute Gasteiger partial charge is 0.344 e. The largest absolute Gasteiger partial charge is 0.482 e. The number of carbonyl (C=O) groups is 2. The molecule has 0 aliphatic rings. The van der Waals surface area contributed by atoms with Crippen molar-refractivity contribution in [3.05, 3.63) is 102 Å². The third kappa shape index (κ3) is 8.86. The highest BCUT2D eigenvalue weighted by Gasteiger charge is 2.33. The molecule has 0 aliphatic carbocycles. The van der Waals surface area contributed by atoms with Crippen molar-refractivity contribution in [1.29, 1.82) is 0 Å². The van der Waals surface area contributed by atoms with Crippen LogP contribution in [0.25, 0.3) is 0 Å². The number of hydrogen-bond acceptors (Lipinski definition) is 7. The van der Waals surface area contributed by atoms with Gasteiger partial charge in [-0.25, -0.2) is 9.59 Å². The van der Waals surface area contributed by atoms with E-state index in [4.69, 9.17) is 18.9 Å². The topological polar surface area (TPSA) is 83.1 Å². The summed E-state index contributed by atoms with van der Waals surface area (Å²) in [6.07, 6.45) is 3.91. The number of nitrogens with one attached hydrogen (secondary N) is 1. The number of unbranched alkanes of at least 4 members (excludes halogenated alkanes) is 1. The van der Waals surface area contributed by atoms with Crippen molar-refractivity contribution >= 4 is 11.9 Å². The van der Waals surface area contributed by atoms with Crippen LogP contribution in [0.2, 0.25) is 0 Å². The fourth-order valence-corrected chi connectivity index (χ4v) is 4.25. The SMILES string of the molecule is CC[CH]CC(NCc1ccccc1)(c1ccc(OCC(=O)OCC)cc1)c1ccc(OCC(=O)OCC)cc1. The molecule has 0 saturated carbocycles. The van der Waals surface area contributed by atoms with E-state index in [1.807, 2.05) is 66.7 Å². The Balaban J connectivity index is 1.91. The Morgan fingerprint density at radius 2 is 1.21 bits per heavy atom. The molecule has 0 saturated heterocycles. The normalized spacial score (nSPS) is 11.1. The minimum absolute atomic E-state index is 0.137. The molecule has 0 amide bonds. The van der Waals surface area contributed by atoms with Gasteiger partial charge in [-0.3, -0.25) is 5.32 Å². The molecule has 3 aromatic rings. The summed E-state index contributed by atoms with van der Waals surface area (Å²) in [6, 6.07) is 25.8. The molecule has 39 heavy (non-hydrogen) atoms. The molecule has 1 N–H and O–H groups in total. The molecule has 3 aromatic carbocycles. The number of carbonyl (C=O) groups excluding carboxylic acids is 2. The number of esters is 2. The Labute approximate surface area is 231 Å². The van der Waals surface area contributed by atoms with Gasteiger partial charge in [-0.15, -0.1) is 0 Å². The Morgan fingerprint density at radius 3 is 1.64 bits per heavy atom. The van der Waals surface area contributed by atoms with Gasteiger partial charge in [0, 0.05) is 6.54 Å². The van der Waals surface area contributed by atoms with Gasteiger partial charge in [0.15, 0.2) is 13.2 Å². The van der Waals surface area contributed by atoms with Crippen LogP contribution in [0, 0.1) is 6.42 Å². The fraction of sp³-hybridized carbons (Fsp3) is 0.344. The Bertz CT molecular complexity index is 1080. The van der Waals surface area contributed by atoms with Crippen molar-refractivity contribution in [2.24, 2.45) is 0 Å². The van der Waals surface area contributed by atoms with Crippen LogP contribution in [-0.2, 0) is 31.1 Å². The maximum Gasteiger partial charge on any atom is 0.344 e. The lowest BCUT2D eigenvalue weighted by molar-refractivity contribution is -0.146. The van der Waals surface area contributed by atoms with Crippen LogP contribution < -0.4 is 14.8 Å². The highest BCUT2D eigenvalue weighted by Crippen LogP contribution is 2.37. The predicted molar refractivity (Wildman–Crippen MR) is 150 cm³/mol. The Morgan fingerprint density at radius 1 is 0.718 bits per heavy atom. The van der Waals surface area contributed by atoms with Crippen LogP contribution in [0.15, 0.2) is 78.9 Å². The van der Waals surface area contributed by atoms with E-state index in [0.717, 1.165) is 24.0 Å². The average molecular weight is 533 g/mol. The lowest BCUT2D eigenvalue weighted by Crippen LogP contribution is -2.43. The summed E-state index contributed by atoms with van der Waals surface area (Å²) in [6.45, 7) is 6.67. The van der Waals surface area contributed by atoms with E-state index in [1.54, 1.807) is 13.8 Å². The zero-order chi connectivity index (χ0) is 27.9. The third-order valence-corrected chi connectivity index (χ3v) is 6.19. The van der Waals surface area contributed by atoms with Crippen molar-refractivity contribution in [3.8, 4) is 11.5 Å². The van der Waals surface area contributed by atoms with Crippen LogP contribution in [0.4, 0.5) is 0 Å². The predicted octanol–water partition coefficient (Wildman–Crippen LogP) is 5.61. The van der Waals surface area contributed by atoms with E-state index in [0.29, 0.717) is 31.3 Å². The van der Waals surface area contributed by atoms with Gasteiger partial charge in [0.1, 0.15) is 11.5 Å². The van der Waals surface area contributed by atoms with E-state index in [1.165, 1.54) is 5.56 Å². The minimum Gasteiger partial charge on any atom is -0.482 e. The molecule has 0 bridgehead atoms. The summed E-state index contributed by atoms with van der Waals surface area (Å²) in [5, 5.41) is 3.83. The molecule has 207 valence electrons. The third-order valence-electron chi connectivity index (χ3n) is 6.19. The van der Waals surface area contributed by atoms with Crippen molar-refractivity contribution in [3.63, 3.8) is 0 Å². The second kappa shape index (κ2) is 15.5. The molecule has 7 nitrogen and oxygen atoms in total. The summed E-state index contributed by atoms with van der Waals surface area (Å²) >= 11 is 0. The second-order valence-electron chi connectivity index (χ2n) is 8.88. The van der Waals surface area contributed by atoms with E-state index < -0.39 is 17.5 Å². The van der Waals surface area contributed by atoms with E-state index in [2.05, 4.69) is 30.8 Å². The number of benzene rings is 3. The molecule has 3 rings (SSSR count). The molecule has 0 aromatic heterocycles. The number of rotatable bonds is 16. The van der Waals surface area contributed by atoms with Crippen molar-refractivity contribution in [1.82, 2.24) is 5.32 Å². The summed E-state index contributed by atoms with van der Waals surface area (Å²) in [4.78, 5) is 23.4. The van der Waals surface area contributed by atoms with Gasteiger partial charge in [-0.1, -0.05) is 67.9 Å². The maximum absolute atomic E-state index is 11.7. The summed E-state index contributed by atoms with van der Waals surface area (Å²) in [7, 11) is 0. The molecule has 0 unspecified atom stereocenters. The fourth-order valence-electron chi connectivity index (χ4n) is 4.25. The van der Waals surface area contributed by atoms with Gasteiger partial charge in [-0.2, -0.15) is 0 Å². The molecule has 0 spiro atoms. The summed E-state index contributed by atoms with van der Waals surface area (Å²) in [5.41, 5.74) is 2.71. The van der Waals surface area contributed by atoms with Crippen molar-refractivity contribution < 1.29 is 28.5 Å². The van der Waals surface area contributed by atoms with Gasteiger partial charge in [0.05, 0.1) is 18.8 Å². The van der Waals surface area contributed by atoms with Crippen LogP contribution in [-0.4, -0.2) is 38.4 Å². The Hall–Kier alpha value is -3.84. The molecule has 0 heterocycles. The van der Waals surface area contributed by atoms with E-state index in [-0.39, 0.29) is 13.2 Å². The monoisotopic (exact) mass is 532 g/mol. The first-order valence-corrected chi connectivity index (χ1v) is 13.4. The van der Waals surface area contributed by atoms with Gasteiger partial charge >= 0.3 is 11.9 Å². The molecule has 0 atom stereocenters.